The first kappa shape index (κ1) is 16.8. The molecule has 1 unspecified atom stereocenters. The lowest BCUT2D eigenvalue weighted by atomic mass is 10.2. The number of carboxylic acid groups (broad SMARTS) is 1. The lowest BCUT2D eigenvalue weighted by Crippen LogP contribution is -2.18. The number of nitrogens with zero attached hydrogens (tertiary/aromatic N) is 3. The van der Waals surface area contributed by atoms with Crippen LogP contribution in [-0.2, 0) is 12.7 Å². The van der Waals surface area contributed by atoms with Crippen molar-refractivity contribution in [3.8, 4) is 0 Å². The third kappa shape index (κ3) is 3.61. The molecule has 2 rings (SSSR count). The van der Waals surface area contributed by atoms with E-state index >= 15 is 0 Å². The predicted molar refractivity (Wildman–Crippen MR) is 76.1 cm³/mol. The van der Waals surface area contributed by atoms with E-state index in [0.29, 0.717) is 18.4 Å². The molecule has 2 aromatic heterocycles. The molecule has 6 nitrogen and oxygen atoms in total. The zero-order valence-corrected chi connectivity index (χ0v) is 12.4. The molecule has 0 aliphatic carbocycles. The predicted octanol–water partition coefficient (Wildman–Crippen LogP) is 3.19. The van der Waals surface area contributed by atoms with Crippen LogP contribution in [0.1, 0.15) is 41.8 Å². The van der Waals surface area contributed by atoms with Gasteiger partial charge in [-0.1, -0.05) is 0 Å². The smallest absolute Gasteiger partial charge is 0.433 e. The van der Waals surface area contributed by atoms with E-state index in [1.807, 2.05) is 6.92 Å². The molecule has 0 radical (unpaired) electrons. The zero-order chi connectivity index (χ0) is 17.2. The minimum atomic E-state index is -4.65. The number of carboxylic acids is 1. The molecular formula is C14H15F3N4O2. The van der Waals surface area contributed by atoms with Crippen LogP contribution in [0.25, 0.3) is 0 Å². The summed E-state index contributed by atoms with van der Waals surface area (Å²) < 4.78 is 40.1. The number of rotatable bonds is 5. The Kier molecular flexibility index (Phi) is 4.57. The summed E-state index contributed by atoms with van der Waals surface area (Å²) in [6.07, 6.45) is -1.36. The molecule has 2 N–H and O–H groups in total. The van der Waals surface area contributed by atoms with Crippen LogP contribution in [0.4, 0.5) is 19.0 Å². The van der Waals surface area contributed by atoms with Crippen LogP contribution in [0.15, 0.2) is 24.5 Å². The molecule has 0 saturated carbocycles. The topological polar surface area (TPSA) is 80.0 Å². The van der Waals surface area contributed by atoms with Gasteiger partial charge in [-0.05, 0) is 26.0 Å². The summed E-state index contributed by atoms with van der Waals surface area (Å²) in [5.74, 6) is -1.13. The first-order chi connectivity index (χ1) is 10.7. The second kappa shape index (κ2) is 6.27. The van der Waals surface area contributed by atoms with Crippen LogP contribution < -0.4 is 5.32 Å². The van der Waals surface area contributed by atoms with Crippen LogP contribution in [0.5, 0.6) is 0 Å². The number of pyridine rings is 1. The van der Waals surface area contributed by atoms with Crippen molar-refractivity contribution in [1.29, 1.82) is 0 Å². The molecule has 124 valence electrons. The van der Waals surface area contributed by atoms with E-state index in [1.165, 1.54) is 0 Å². The van der Waals surface area contributed by atoms with Gasteiger partial charge in [0.25, 0.3) is 0 Å². The van der Waals surface area contributed by atoms with Crippen LogP contribution >= 0.6 is 0 Å². The second-order valence-electron chi connectivity index (χ2n) is 4.83. The summed E-state index contributed by atoms with van der Waals surface area (Å²) in [5, 5.41) is 11.8. The number of carbonyl (C=O) groups is 1. The van der Waals surface area contributed by atoms with E-state index in [1.54, 1.807) is 23.9 Å². The normalized spacial score (nSPS) is 12.9. The number of aryl methyl sites for hydroxylation is 1. The summed E-state index contributed by atoms with van der Waals surface area (Å²) in [4.78, 5) is 18.7. The number of halogens is 3. The number of anilines is 1. The van der Waals surface area contributed by atoms with Gasteiger partial charge >= 0.3 is 12.1 Å². The standard InChI is InChI=1S/C14H15F3N4O2/c1-3-21-7-6-18-12(21)8(2)19-11-9(13(22)23)4-5-10(20-11)14(15,16)17/h4-8H,3H2,1-2H3,(H,19,20)(H,22,23). The molecule has 23 heavy (non-hydrogen) atoms. The van der Waals surface area contributed by atoms with Gasteiger partial charge in [-0.2, -0.15) is 13.2 Å². The molecule has 0 aliphatic heterocycles. The third-order valence-electron chi connectivity index (χ3n) is 3.24. The molecule has 9 heteroatoms. The van der Waals surface area contributed by atoms with E-state index in [0.717, 1.165) is 6.07 Å². The van der Waals surface area contributed by atoms with Crippen LogP contribution in [-0.4, -0.2) is 25.6 Å². The number of alkyl halides is 3. The number of nitrogens with one attached hydrogen (secondary N) is 1. The quantitative estimate of drug-likeness (QED) is 0.881. The van der Waals surface area contributed by atoms with Gasteiger partial charge in [0.05, 0.1) is 6.04 Å². The maximum Gasteiger partial charge on any atom is 0.433 e. The van der Waals surface area contributed by atoms with E-state index < -0.39 is 23.9 Å². The van der Waals surface area contributed by atoms with Gasteiger partial charge in [-0.15, -0.1) is 0 Å². The van der Waals surface area contributed by atoms with Gasteiger partial charge in [-0.3, -0.25) is 0 Å². The minimum absolute atomic E-state index is 0.334. The van der Waals surface area contributed by atoms with Gasteiger partial charge < -0.3 is 15.0 Å². The van der Waals surface area contributed by atoms with Gasteiger partial charge in [0.1, 0.15) is 22.9 Å². The van der Waals surface area contributed by atoms with E-state index in [4.69, 9.17) is 5.11 Å². The van der Waals surface area contributed by atoms with Gasteiger partial charge in [0.2, 0.25) is 0 Å². The maximum atomic E-state index is 12.8. The fourth-order valence-electron chi connectivity index (χ4n) is 2.14. The fraction of sp³-hybridized carbons (Fsp3) is 0.357. The molecule has 2 heterocycles. The molecule has 2 aromatic rings. The summed E-state index contributed by atoms with van der Waals surface area (Å²) in [7, 11) is 0. The Labute approximate surface area is 130 Å². The molecule has 0 spiro atoms. The molecule has 0 aliphatic rings. The van der Waals surface area contributed by atoms with Crippen molar-refractivity contribution in [2.24, 2.45) is 0 Å². The van der Waals surface area contributed by atoms with Crippen LogP contribution in [0, 0.1) is 0 Å². The Morgan fingerprint density at radius 3 is 2.70 bits per heavy atom. The molecule has 0 fully saturated rings. The molecule has 0 amide bonds. The molecule has 0 aromatic carbocycles. The minimum Gasteiger partial charge on any atom is -0.478 e. The average molecular weight is 328 g/mol. The van der Waals surface area contributed by atoms with Crippen molar-refractivity contribution in [1.82, 2.24) is 14.5 Å². The zero-order valence-electron chi connectivity index (χ0n) is 12.4. The summed E-state index contributed by atoms with van der Waals surface area (Å²) >= 11 is 0. The SMILES string of the molecule is CCn1ccnc1C(C)Nc1nc(C(F)(F)F)ccc1C(=O)O. The van der Waals surface area contributed by atoms with E-state index in [-0.39, 0.29) is 11.4 Å². The summed E-state index contributed by atoms with van der Waals surface area (Å²) in [6, 6.07) is 1.02. The summed E-state index contributed by atoms with van der Waals surface area (Å²) in [5.41, 5.74) is -1.49. The van der Waals surface area contributed by atoms with E-state index in [2.05, 4.69) is 15.3 Å². The lowest BCUT2D eigenvalue weighted by Gasteiger charge is -2.18. The van der Waals surface area contributed by atoms with Crippen molar-refractivity contribution in [3.63, 3.8) is 0 Å². The fourth-order valence-corrected chi connectivity index (χ4v) is 2.14. The highest BCUT2D eigenvalue weighted by molar-refractivity contribution is 5.93. The highest BCUT2D eigenvalue weighted by Gasteiger charge is 2.33. The monoisotopic (exact) mass is 328 g/mol. The Bertz CT molecular complexity index is 712. The molecule has 0 bridgehead atoms. The van der Waals surface area contributed by atoms with Crippen LogP contribution in [0.2, 0.25) is 0 Å². The van der Waals surface area contributed by atoms with Gasteiger partial charge in [0.15, 0.2) is 0 Å². The summed E-state index contributed by atoms with van der Waals surface area (Å²) in [6.45, 7) is 4.19. The second-order valence-corrected chi connectivity index (χ2v) is 4.83. The molecule has 1 atom stereocenters. The van der Waals surface area contributed by atoms with Crippen molar-refractivity contribution in [2.45, 2.75) is 32.6 Å². The Morgan fingerprint density at radius 2 is 2.13 bits per heavy atom. The highest BCUT2D eigenvalue weighted by atomic mass is 19.4. The van der Waals surface area contributed by atoms with Crippen LogP contribution in [0.3, 0.4) is 0 Å². The Hall–Kier alpha value is -2.58. The first-order valence-electron chi connectivity index (χ1n) is 6.83. The Morgan fingerprint density at radius 1 is 1.43 bits per heavy atom. The van der Waals surface area contributed by atoms with Crippen molar-refractivity contribution >= 4 is 11.8 Å². The van der Waals surface area contributed by atoms with Crippen molar-refractivity contribution in [2.75, 3.05) is 5.32 Å². The highest BCUT2D eigenvalue weighted by Crippen LogP contribution is 2.30. The largest absolute Gasteiger partial charge is 0.478 e. The first-order valence-corrected chi connectivity index (χ1v) is 6.83. The number of imidazole rings is 1. The van der Waals surface area contributed by atoms with Crippen molar-refractivity contribution in [3.05, 3.63) is 41.6 Å². The maximum absolute atomic E-state index is 12.8. The lowest BCUT2D eigenvalue weighted by molar-refractivity contribution is -0.141. The number of aromatic nitrogens is 3. The molecular weight excluding hydrogens is 313 g/mol. The molecule has 0 saturated heterocycles. The Balaban J connectivity index is 2.38. The van der Waals surface area contributed by atoms with Gasteiger partial charge in [0, 0.05) is 18.9 Å². The number of hydrogen-bond acceptors (Lipinski definition) is 4. The van der Waals surface area contributed by atoms with E-state index in [9.17, 15) is 18.0 Å². The average Bonchev–Trinajstić information content (AvgIpc) is 2.94. The van der Waals surface area contributed by atoms with Gasteiger partial charge in [-0.25, -0.2) is 14.8 Å². The number of aromatic carboxylic acids is 1. The third-order valence-corrected chi connectivity index (χ3v) is 3.24. The van der Waals surface area contributed by atoms with Crippen molar-refractivity contribution < 1.29 is 23.1 Å². The number of hydrogen-bond donors (Lipinski definition) is 2.